The molecule has 7 nitrogen and oxygen atoms in total. The first kappa shape index (κ1) is 20.3. The van der Waals surface area contributed by atoms with Crippen molar-refractivity contribution in [3.05, 3.63) is 30.3 Å². The molecule has 0 saturated carbocycles. The van der Waals surface area contributed by atoms with Crippen molar-refractivity contribution in [2.75, 3.05) is 24.8 Å². The lowest BCUT2D eigenvalue weighted by Gasteiger charge is -2.17. The number of carboxylic acids is 2. The molecule has 1 aromatic carbocycles. The Hall–Kier alpha value is -1.69. The first-order valence-corrected chi connectivity index (χ1v) is 8.40. The fraction of sp³-hybridized carbons (Fsp3) is 0.429. The molecule has 6 N–H and O–H groups in total. The number of para-hydroxylation sites is 1. The zero-order valence-electron chi connectivity index (χ0n) is 12.5. The lowest BCUT2D eigenvalue weighted by Crippen LogP contribution is -2.19. The molecule has 22 heavy (non-hydrogen) atoms. The van der Waals surface area contributed by atoms with Crippen molar-refractivity contribution in [1.82, 2.24) is 0 Å². The predicted molar refractivity (Wildman–Crippen MR) is 87.0 cm³/mol. The van der Waals surface area contributed by atoms with E-state index >= 15 is 0 Å². The Balaban J connectivity index is 0.00000211. The van der Waals surface area contributed by atoms with Gasteiger partial charge in [0.05, 0.1) is 12.2 Å². The Labute approximate surface area is 131 Å². The van der Waals surface area contributed by atoms with Gasteiger partial charge in [0, 0.05) is 26.4 Å². The summed E-state index contributed by atoms with van der Waals surface area (Å²) >= 11 is 0. The molecule has 0 bridgehead atoms. The van der Waals surface area contributed by atoms with Crippen LogP contribution >= 0.6 is 8.15 Å². The lowest BCUT2D eigenvalue weighted by molar-refractivity contribution is -0.142. The number of carboxylic acid groups (broad SMARTS) is 2. The fourth-order valence-electron chi connectivity index (χ4n) is 1.65. The molecule has 0 fully saturated rings. The van der Waals surface area contributed by atoms with Gasteiger partial charge in [0.1, 0.15) is 0 Å². The van der Waals surface area contributed by atoms with E-state index in [4.69, 9.17) is 10.2 Å². The van der Waals surface area contributed by atoms with Gasteiger partial charge in [-0.3, -0.25) is 9.59 Å². The molecule has 0 saturated heterocycles. The third kappa shape index (κ3) is 9.28. The van der Waals surface area contributed by atoms with Crippen molar-refractivity contribution >= 4 is 25.8 Å². The highest BCUT2D eigenvalue weighted by Crippen LogP contribution is 2.33. The van der Waals surface area contributed by atoms with Crippen LogP contribution in [0, 0.1) is 5.92 Å². The molecule has 1 aromatic rings. The van der Waals surface area contributed by atoms with E-state index in [-0.39, 0.29) is 25.3 Å². The average molecular weight is 330 g/mol. The summed E-state index contributed by atoms with van der Waals surface area (Å²) in [5.41, 5.74) is 5.35. The summed E-state index contributed by atoms with van der Waals surface area (Å²) in [4.78, 5) is 31.4. The number of hydrogen-bond acceptors (Lipinski definition) is 5. The van der Waals surface area contributed by atoms with Crippen molar-refractivity contribution in [3.8, 4) is 0 Å². The van der Waals surface area contributed by atoms with Gasteiger partial charge >= 0.3 is 11.9 Å². The van der Waals surface area contributed by atoms with Crippen molar-refractivity contribution in [3.63, 3.8) is 0 Å². The van der Waals surface area contributed by atoms with E-state index in [0.717, 1.165) is 5.69 Å². The van der Waals surface area contributed by atoms with Crippen LogP contribution in [0.4, 0.5) is 5.69 Å². The minimum Gasteiger partial charge on any atom is -0.481 e. The molecule has 0 amide bonds. The van der Waals surface area contributed by atoms with E-state index in [9.17, 15) is 14.5 Å². The quantitative estimate of drug-likeness (QED) is 0.434. The van der Waals surface area contributed by atoms with Gasteiger partial charge in [-0.2, -0.15) is 0 Å². The summed E-state index contributed by atoms with van der Waals surface area (Å²) in [5.74, 6) is -2.91. The van der Waals surface area contributed by atoms with E-state index in [1.165, 1.54) is 7.05 Å². The van der Waals surface area contributed by atoms with Crippen LogP contribution in [0.3, 0.4) is 0 Å². The van der Waals surface area contributed by atoms with Crippen molar-refractivity contribution in [2.45, 2.75) is 12.8 Å². The number of anilines is 1. The topological polar surface area (TPSA) is 133 Å². The number of rotatable bonds is 9. The molecule has 0 aliphatic carbocycles. The fourth-order valence-corrected chi connectivity index (χ4v) is 2.99. The monoisotopic (exact) mass is 330 g/mol. The maximum absolute atomic E-state index is 11.0. The van der Waals surface area contributed by atoms with E-state index < -0.39 is 26.0 Å². The summed E-state index contributed by atoms with van der Waals surface area (Å²) in [5, 5.41) is 20.6. The highest BCUT2D eigenvalue weighted by molar-refractivity contribution is 7.51. The van der Waals surface area contributed by atoms with Crippen LogP contribution in [0.15, 0.2) is 30.3 Å². The minimum atomic E-state index is -1.49. The highest BCUT2D eigenvalue weighted by atomic mass is 31.1. The smallest absolute Gasteiger partial charge is 0.306 e. The number of aliphatic carboxylic acids is 2. The first-order chi connectivity index (χ1) is 10.5. The van der Waals surface area contributed by atoms with Crippen LogP contribution in [0.1, 0.15) is 12.8 Å². The number of carbonyl (C=O) groups is 2. The second kappa shape index (κ2) is 11.9. The van der Waals surface area contributed by atoms with Crippen LogP contribution in [0.5, 0.6) is 0 Å². The van der Waals surface area contributed by atoms with E-state index in [0.29, 0.717) is 0 Å². The molecule has 8 heteroatoms. The number of nitrogens with one attached hydrogen (secondary N) is 1. The lowest BCUT2D eigenvalue weighted by atomic mass is 10.1. The Morgan fingerprint density at radius 2 is 1.82 bits per heavy atom. The maximum atomic E-state index is 11.0. The molecule has 0 radical (unpaired) electrons. The summed E-state index contributed by atoms with van der Waals surface area (Å²) in [6, 6.07) is 9.29. The van der Waals surface area contributed by atoms with Crippen LogP contribution in [0.2, 0.25) is 0 Å². The van der Waals surface area contributed by atoms with Crippen LogP contribution in [-0.4, -0.2) is 46.5 Å². The Morgan fingerprint density at radius 1 is 1.23 bits per heavy atom. The maximum Gasteiger partial charge on any atom is 0.306 e. The number of nitrogens with two attached hydrogens (primary N) is 1. The molecule has 2 atom stereocenters. The minimum absolute atomic E-state index is 0.0371. The second-order valence-corrected chi connectivity index (χ2v) is 6.05. The molecule has 0 heterocycles. The van der Waals surface area contributed by atoms with Crippen LogP contribution in [0.25, 0.3) is 0 Å². The largest absolute Gasteiger partial charge is 0.481 e. The highest BCUT2D eigenvalue weighted by Gasteiger charge is 2.22. The van der Waals surface area contributed by atoms with Crippen LogP contribution in [-0.2, 0) is 9.59 Å². The summed E-state index contributed by atoms with van der Waals surface area (Å²) in [6.45, 7) is 0. The van der Waals surface area contributed by atoms with E-state index in [1.807, 2.05) is 30.3 Å². The normalized spacial score (nSPS) is 12.5. The van der Waals surface area contributed by atoms with Gasteiger partial charge in [0.15, 0.2) is 0 Å². The van der Waals surface area contributed by atoms with Gasteiger partial charge in [0.25, 0.3) is 0 Å². The molecular formula is C14H23N2O5P. The number of benzene rings is 1. The first-order valence-electron chi connectivity index (χ1n) is 6.74. The van der Waals surface area contributed by atoms with E-state index in [2.05, 4.69) is 11.1 Å². The van der Waals surface area contributed by atoms with Gasteiger partial charge < -0.3 is 26.2 Å². The molecule has 1 rings (SSSR count). The standard InChI is InChI=1S/C13H18NO5P.CH5N/c15-12(16)7-6-10(13(17)18)8-20(19)9-14-11-4-2-1-3-5-11;1-2/h1-5,10,14,19H,6-9H2,(H,15,16)(H,17,18);2H2,1H3. The van der Waals surface area contributed by atoms with Crippen LogP contribution < -0.4 is 11.1 Å². The third-order valence-corrected chi connectivity index (χ3v) is 4.11. The Morgan fingerprint density at radius 3 is 2.32 bits per heavy atom. The molecule has 0 aliphatic heterocycles. The summed E-state index contributed by atoms with van der Waals surface area (Å²) in [7, 11) is 0.00824. The third-order valence-electron chi connectivity index (χ3n) is 2.73. The van der Waals surface area contributed by atoms with Gasteiger partial charge in [0.2, 0.25) is 0 Å². The molecule has 2 unspecified atom stereocenters. The molecule has 124 valence electrons. The molecule has 0 aromatic heterocycles. The van der Waals surface area contributed by atoms with E-state index in [1.54, 1.807) is 0 Å². The zero-order valence-corrected chi connectivity index (χ0v) is 13.4. The van der Waals surface area contributed by atoms with Crippen molar-refractivity contribution in [2.24, 2.45) is 11.7 Å². The Bertz CT molecular complexity index is 444. The second-order valence-electron chi connectivity index (χ2n) is 4.36. The van der Waals surface area contributed by atoms with Gasteiger partial charge in [-0.25, -0.2) is 0 Å². The van der Waals surface area contributed by atoms with Gasteiger partial charge in [-0.05, 0) is 25.6 Å². The average Bonchev–Trinajstić information content (AvgIpc) is 2.52. The molecular weight excluding hydrogens is 307 g/mol. The van der Waals surface area contributed by atoms with Gasteiger partial charge in [-0.15, -0.1) is 0 Å². The zero-order chi connectivity index (χ0) is 17.0. The Kier molecular flexibility index (Phi) is 11.0. The van der Waals surface area contributed by atoms with Crippen molar-refractivity contribution < 1.29 is 24.7 Å². The number of hydrogen-bond donors (Lipinski definition) is 5. The molecule has 0 spiro atoms. The summed E-state index contributed by atoms with van der Waals surface area (Å²) in [6.07, 6.45) is 0.218. The van der Waals surface area contributed by atoms with Crippen molar-refractivity contribution in [1.29, 1.82) is 0 Å². The summed E-state index contributed by atoms with van der Waals surface area (Å²) < 4.78 is 0. The predicted octanol–water partition coefficient (Wildman–Crippen LogP) is 1.59. The van der Waals surface area contributed by atoms with Gasteiger partial charge in [-0.1, -0.05) is 18.2 Å². The molecule has 0 aliphatic rings. The SMILES string of the molecule is CN.O=C(O)CCC(CP(O)CNc1ccccc1)C(=O)O.